The molecule has 1 rings (SSSR count). The minimum absolute atomic E-state index is 0.202. The molecule has 4 nitrogen and oxygen atoms in total. The molecule has 0 bridgehead atoms. The zero-order valence-electron chi connectivity index (χ0n) is 14.2. The molecule has 1 saturated heterocycles. The first kappa shape index (κ1) is 18.4. The number of hydrogen-bond donors (Lipinski definition) is 0. The molecule has 19 heavy (non-hydrogen) atoms. The Kier molecular flexibility index (Phi) is 7.60. The van der Waals surface area contributed by atoms with Crippen LogP contribution in [0.5, 0.6) is 0 Å². The van der Waals surface area contributed by atoms with Crippen LogP contribution in [0.1, 0.15) is 41.5 Å². The molecule has 0 N–H and O–H groups in total. The van der Waals surface area contributed by atoms with Gasteiger partial charge in [0.1, 0.15) is 0 Å². The van der Waals surface area contributed by atoms with Gasteiger partial charge in [-0.2, -0.15) is 0 Å². The van der Waals surface area contributed by atoms with Crippen LogP contribution in [0, 0.1) is 0 Å². The van der Waals surface area contributed by atoms with Gasteiger partial charge in [0.25, 0.3) is 0 Å². The Labute approximate surface area is 119 Å². The Morgan fingerprint density at radius 1 is 1.05 bits per heavy atom. The predicted molar refractivity (Wildman–Crippen MR) is 82.4 cm³/mol. The first-order chi connectivity index (χ1) is 8.55. The fourth-order valence-corrected chi connectivity index (χ4v) is 1.69. The summed E-state index contributed by atoms with van der Waals surface area (Å²) in [5, 5.41) is 0. The fourth-order valence-electron chi connectivity index (χ4n) is 1.69. The number of carbonyl (C=O) groups excluding carboxylic acids is 1. The summed E-state index contributed by atoms with van der Waals surface area (Å²) < 4.78 is 0. The lowest BCUT2D eigenvalue weighted by molar-refractivity contribution is -0.131. The monoisotopic (exact) mass is 271 g/mol. The third kappa shape index (κ3) is 7.53. The maximum Gasteiger partial charge on any atom is 0.219 e. The van der Waals surface area contributed by atoms with E-state index < -0.39 is 0 Å². The van der Waals surface area contributed by atoms with E-state index in [1.54, 1.807) is 6.92 Å². The van der Waals surface area contributed by atoms with Gasteiger partial charge in [0.2, 0.25) is 5.91 Å². The Morgan fingerprint density at radius 3 is 1.63 bits per heavy atom. The highest BCUT2D eigenvalue weighted by molar-refractivity contribution is 5.73. The van der Waals surface area contributed by atoms with Crippen molar-refractivity contribution in [3.05, 3.63) is 0 Å². The molecule has 1 heterocycles. The van der Waals surface area contributed by atoms with Gasteiger partial charge in [-0.3, -0.25) is 9.69 Å². The van der Waals surface area contributed by atoms with Gasteiger partial charge in [0.15, 0.2) is 0 Å². The highest BCUT2D eigenvalue weighted by Gasteiger charge is 2.26. The van der Waals surface area contributed by atoms with Gasteiger partial charge in [-0.1, -0.05) is 0 Å². The van der Waals surface area contributed by atoms with Crippen molar-refractivity contribution in [2.24, 2.45) is 0 Å². The highest BCUT2D eigenvalue weighted by Crippen LogP contribution is 2.15. The van der Waals surface area contributed by atoms with Gasteiger partial charge in [0, 0.05) is 44.7 Å². The van der Waals surface area contributed by atoms with E-state index in [2.05, 4.69) is 58.5 Å². The van der Waals surface area contributed by atoms with Gasteiger partial charge in [-0.15, -0.1) is 0 Å². The van der Waals surface area contributed by atoms with Crippen LogP contribution < -0.4 is 0 Å². The molecule has 4 heteroatoms. The SMILES string of the molecule is CC(=O)N1CCN(C(C)(C)C)CC1.CC(C)N(C)C. The number of hydrogen-bond acceptors (Lipinski definition) is 3. The molecule has 0 aliphatic carbocycles. The van der Waals surface area contributed by atoms with E-state index in [0.29, 0.717) is 6.04 Å². The van der Waals surface area contributed by atoms with Crippen LogP contribution in [0.3, 0.4) is 0 Å². The van der Waals surface area contributed by atoms with E-state index in [0.717, 1.165) is 26.2 Å². The van der Waals surface area contributed by atoms with Crippen molar-refractivity contribution in [1.29, 1.82) is 0 Å². The topological polar surface area (TPSA) is 26.8 Å². The molecule has 1 aliphatic heterocycles. The van der Waals surface area contributed by atoms with Crippen LogP contribution in [-0.2, 0) is 4.79 Å². The molecule has 0 aromatic carbocycles. The molecule has 0 unspecified atom stereocenters. The molecule has 0 saturated carbocycles. The Balaban J connectivity index is 0.000000459. The van der Waals surface area contributed by atoms with Gasteiger partial charge in [-0.05, 0) is 48.7 Å². The minimum Gasteiger partial charge on any atom is -0.340 e. The summed E-state index contributed by atoms with van der Waals surface area (Å²) in [5.74, 6) is 0.202. The van der Waals surface area contributed by atoms with E-state index in [1.807, 2.05) is 4.90 Å². The first-order valence-electron chi connectivity index (χ1n) is 7.22. The van der Waals surface area contributed by atoms with Crippen molar-refractivity contribution >= 4 is 5.91 Å². The lowest BCUT2D eigenvalue weighted by atomic mass is 10.1. The molecule has 0 aromatic rings. The van der Waals surface area contributed by atoms with Crippen molar-refractivity contribution in [3.63, 3.8) is 0 Å². The zero-order valence-corrected chi connectivity index (χ0v) is 14.2. The van der Waals surface area contributed by atoms with Crippen LogP contribution in [-0.4, -0.2) is 72.5 Å². The molecule has 0 radical (unpaired) electrons. The minimum atomic E-state index is 0.202. The van der Waals surface area contributed by atoms with Gasteiger partial charge in [-0.25, -0.2) is 0 Å². The maximum absolute atomic E-state index is 11.1. The van der Waals surface area contributed by atoms with Crippen LogP contribution in [0.2, 0.25) is 0 Å². The van der Waals surface area contributed by atoms with Gasteiger partial charge < -0.3 is 9.80 Å². The zero-order chi connectivity index (χ0) is 15.2. The van der Waals surface area contributed by atoms with E-state index in [1.165, 1.54) is 0 Å². The molecular weight excluding hydrogens is 238 g/mol. The van der Waals surface area contributed by atoms with Crippen molar-refractivity contribution in [3.8, 4) is 0 Å². The third-order valence-corrected chi connectivity index (χ3v) is 3.71. The third-order valence-electron chi connectivity index (χ3n) is 3.71. The van der Waals surface area contributed by atoms with E-state index in [-0.39, 0.29) is 11.4 Å². The molecule has 0 aromatic heterocycles. The molecule has 1 fully saturated rings. The number of nitrogens with zero attached hydrogens (tertiary/aromatic N) is 3. The average Bonchev–Trinajstić information content (AvgIpc) is 2.28. The van der Waals surface area contributed by atoms with Crippen LogP contribution in [0.25, 0.3) is 0 Å². The van der Waals surface area contributed by atoms with Crippen LogP contribution in [0.15, 0.2) is 0 Å². The number of carbonyl (C=O) groups is 1. The van der Waals surface area contributed by atoms with Crippen LogP contribution >= 0.6 is 0 Å². The standard InChI is InChI=1S/C10H20N2O.C5H13N/c1-9(13)11-5-7-12(8-6-11)10(2,3)4;1-5(2)6(3)4/h5-8H2,1-4H3;5H,1-4H3. The summed E-state index contributed by atoms with van der Waals surface area (Å²) in [6.07, 6.45) is 0. The second kappa shape index (κ2) is 7.85. The fraction of sp³-hybridized carbons (Fsp3) is 0.933. The average molecular weight is 271 g/mol. The van der Waals surface area contributed by atoms with E-state index in [4.69, 9.17) is 0 Å². The smallest absolute Gasteiger partial charge is 0.219 e. The van der Waals surface area contributed by atoms with Crippen LogP contribution in [0.4, 0.5) is 0 Å². The van der Waals surface area contributed by atoms with Gasteiger partial charge >= 0.3 is 0 Å². The molecular formula is C15H33N3O. The quantitative estimate of drug-likeness (QED) is 0.729. The second-order valence-corrected chi connectivity index (χ2v) is 6.72. The lowest BCUT2D eigenvalue weighted by Crippen LogP contribution is -2.54. The van der Waals surface area contributed by atoms with Crippen molar-refractivity contribution in [1.82, 2.24) is 14.7 Å². The van der Waals surface area contributed by atoms with Crippen molar-refractivity contribution < 1.29 is 4.79 Å². The Hall–Kier alpha value is -0.610. The first-order valence-corrected chi connectivity index (χ1v) is 7.22. The summed E-state index contributed by atoms with van der Waals surface area (Å²) in [5.41, 5.74) is 0.239. The molecule has 114 valence electrons. The summed E-state index contributed by atoms with van der Waals surface area (Å²) in [4.78, 5) is 17.6. The normalized spacial score (nSPS) is 17.5. The molecule has 0 spiro atoms. The molecule has 0 atom stereocenters. The summed E-state index contributed by atoms with van der Waals surface area (Å²) in [6.45, 7) is 16.4. The summed E-state index contributed by atoms with van der Waals surface area (Å²) >= 11 is 0. The largest absolute Gasteiger partial charge is 0.340 e. The van der Waals surface area contributed by atoms with Crippen molar-refractivity contribution in [2.45, 2.75) is 53.1 Å². The number of piperazine rings is 1. The van der Waals surface area contributed by atoms with Crippen molar-refractivity contribution in [2.75, 3.05) is 40.3 Å². The molecule has 1 aliphatic rings. The Bertz CT molecular complexity index is 255. The number of rotatable bonds is 1. The molecule has 1 amide bonds. The summed E-state index contributed by atoms with van der Waals surface area (Å²) in [7, 11) is 4.15. The van der Waals surface area contributed by atoms with E-state index >= 15 is 0 Å². The van der Waals surface area contributed by atoms with Gasteiger partial charge in [0.05, 0.1) is 0 Å². The summed E-state index contributed by atoms with van der Waals surface area (Å²) in [6, 6.07) is 0.685. The highest BCUT2D eigenvalue weighted by atomic mass is 16.2. The Morgan fingerprint density at radius 2 is 1.42 bits per heavy atom. The van der Waals surface area contributed by atoms with E-state index in [9.17, 15) is 4.79 Å². The predicted octanol–water partition coefficient (Wildman–Crippen LogP) is 1.91. The maximum atomic E-state index is 11.1. The lowest BCUT2D eigenvalue weighted by Gasteiger charge is -2.42. The number of amides is 1. The second-order valence-electron chi connectivity index (χ2n) is 6.72.